The zero-order valence-corrected chi connectivity index (χ0v) is 18.9. The largest absolute Gasteiger partial charge is 0.454 e. The molecule has 10 heteroatoms. The minimum Gasteiger partial charge on any atom is -0.454 e. The summed E-state index contributed by atoms with van der Waals surface area (Å²) in [7, 11) is 0. The fourth-order valence-electron chi connectivity index (χ4n) is 4.02. The molecular weight excluding hydrogens is 461 g/mol. The van der Waals surface area contributed by atoms with Crippen molar-refractivity contribution in [2.24, 2.45) is 0 Å². The molecule has 1 saturated heterocycles. The first-order valence-electron chi connectivity index (χ1n) is 10.5. The number of nitrogens with one attached hydrogen (secondary N) is 2. The summed E-state index contributed by atoms with van der Waals surface area (Å²) in [4.78, 5) is 40.6. The van der Waals surface area contributed by atoms with Crippen LogP contribution < -0.4 is 20.1 Å². The topological polar surface area (TPSA) is 97.0 Å². The van der Waals surface area contributed by atoms with Crippen LogP contribution in [0.2, 0.25) is 0 Å². The van der Waals surface area contributed by atoms with Crippen LogP contribution in [0.25, 0.3) is 0 Å². The first-order valence-corrected chi connectivity index (χ1v) is 11.4. The second kappa shape index (κ2) is 8.45. The van der Waals surface area contributed by atoms with Crippen molar-refractivity contribution < 1.29 is 28.2 Å². The Morgan fingerprint density at radius 1 is 1.18 bits per heavy atom. The number of carbonyl (C=O) groups excluding carboxylic acids is 3. The predicted octanol–water partition coefficient (Wildman–Crippen LogP) is 3.29. The quantitative estimate of drug-likeness (QED) is 0.527. The number of hydrogen-bond donors (Lipinski definition) is 2. The highest BCUT2D eigenvalue weighted by molar-refractivity contribution is 7.10. The molecule has 0 spiro atoms. The summed E-state index contributed by atoms with van der Waals surface area (Å²) in [6.07, 6.45) is 0. The van der Waals surface area contributed by atoms with Crippen LogP contribution in [0.1, 0.15) is 29.0 Å². The second-order valence-corrected chi connectivity index (χ2v) is 9.06. The van der Waals surface area contributed by atoms with Gasteiger partial charge in [0.15, 0.2) is 11.5 Å². The molecule has 1 fully saturated rings. The number of amides is 4. The lowest BCUT2D eigenvalue weighted by Crippen LogP contribution is -2.44. The normalized spacial score (nSPS) is 19.8. The lowest BCUT2D eigenvalue weighted by atomic mass is 9.91. The molecule has 0 unspecified atom stereocenters. The van der Waals surface area contributed by atoms with Crippen LogP contribution in [-0.2, 0) is 15.1 Å². The number of nitrogens with zero attached hydrogens (tertiary/aromatic N) is 1. The molecule has 5 rings (SSSR count). The lowest BCUT2D eigenvalue weighted by molar-refractivity contribution is -0.135. The van der Waals surface area contributed by atoms with E-state index in [1.54, 1.807) is 37.3 Å². The molecule has 0 bridgehead atoms. The number of imide groups is 1. The third-order valence-corrected chi connectivity index (χ3v) is 6.80. The number of ether oxygens (including phenoxy) is 2. The molecule has 0 aliphatic carbocycles. The molecule has 2 atom stereocenters. The first kappa shape index (κ1) is 21.9. The first-order chi connectivity index (χ1) is 16.3. The van der Waals surface area contributed by atoms with Gasteiger partial charge in [-0.05, 0) is 53.8 Å². The number of hydrogen-bond acceptors (Lipinski definition) is 6. The van der Waals surface area contributed by atoms with Gasteiger partial charge in [0.1, 0.15) is 17.9 Å². The van der Waals surface area contributed by atoms with Gasteiger partial charge < -0.3 is 20.1 Å². The Labute approximate surface area is 198 Å². The summed E-state index contributed by atoms with van der Waals surface area (Å²) in [6, 6.07) is 13.3. The number of thiophene rings is 1. The number of benzene rings is 2. The summed E-state index contributed by atoms with van der Waals surface area (Å²) < 4.78 is 24.1. The lowest BCUT2D eigenvalue weighted by Gasteiger charge is -2.23. The van der Waals surface area contributed by atoms with Gasteiger partial charge in [-0.3, -0.25) is 14.5 Å². The maximum atomic E-state index is 13.4. The van der Waals surface area contributed by atoms with Gasteiger partial charge in [0.25, 0.3) is 5.91 Å². The van der Waals surface area contributed by atoms with Crippen molar-refractivity contribution in [3.63, 3.8) is 0 Å². The molecule has 2 aromatic carbocycles. The number of carbonyl (C=O) groups is 3. The van der Waals surface area contributed by atoms with Gasteiger partial charge in [0.05, 0.1) is 6.04 Å². The zero-order valence-electron chi connectivity index (χ0n) is 18.0. The van der Waals surface area contributed by atoms with Crippen LogP contribution in [0.15, 0.2) is 60.0 Å². The Morgan fingerprint density at radius 2 is 1.94 bits per heavy atom. The summed E-state index contributed by atoms with van der Waals surface area (Å²) in [5.41, 5.74) is -0.164. The standard InChI is InChI=1S/C24H20FN3O5S/c1-24(15-6-9-17-18(11-15)33-13-32-17)22(30)28(23(31)27-24)12-20(29)26-21(19-3-2-10-34-19)14-4-7-16(25)8-5-14/h2-11,21H,12-13H2,1H3,(H,26,29)(H,27,31)/t21-,24-/m1/s1. The molecule has 3 aromatic rings. The fourth-order valence-corrected chi connectivity index (χ4v) is 4.83. The van der Waals surface area contributed by atoms with E-state index in [0.29, 0.717) is 22.6 Å². The third kappa shape index (κ3) is 3.86. The molecule has 2 aliphatic rings. The highest BCUT2D eigenvalue weighted by Crippen LogP contribution is 2.38. The molecule has 4 amide bonds. The highest BCUT2D eigenvalue weighted by Gasteiger charge is 2.50. The van der Waals surface area contributed by atoms with E-state index in [9.17, 15) is 18.8 Å². The van der Waals surface area contributed by atoms with Gasteiger partial charge in [-0.1, -0.05) is 24.3 Å². The van der Waals surface area contributed by atoms with E-state index in [-0.39, 0.29) is 12.6 Å². The van der Waals surface area contributed by atoms with Crippen molar-refractivity contribution in [2.45, 2.75) is 18.5 Å². The average molecular weight is 482 g/mol. The molecule has 34 heavy (non-hydrogen) atoms. The molecule has 0 radical (unpaired) electrons. The summed E-state index contributed by atoms with van der Waals surface area (Å²) >= 11 is 1.43. The minimum absolute atomic E-state index is 0.0849. The molecule has 2 aliphatic heterocycles. The maximum Gasteiger partial charge on any atom is 0.325 e. The molecular formula is C24H20FN3O5S. The maximum absolute atomic E-state index is 13.4. The number of urea groups is 1. The number of halogens is 1. The second-order valence-electron chi connectivity index (χ2n) is 8.08. The molecule has 174 valence electrons. The van der Waals surface area contributed by atoms with Gasteiger partial charge in [0.2, 0.25) is 12.7 Å². The van der Waals surface area contributed by atoms with Gasteiger partial charge >= 0.3 is 6.03 Å². The van der Waals surface area contributed by atoms with Gasteiger partial charge in [-0.15, -0.1) is 11.3 Å². The molecule has 1 aromatic heterocycles. The van der Waals surface area contributed by atoms with Crippen molar-refractivity contribution in [3.05, 3.63) is 81.8 Å². The number of rotatable bonds is 6. The van der Waals surface area contributed by atoms with Gasteiger partial charge in [-0.25, -0.2) is 9.18 Å². The number of fused-ring (bicyclic) bond motifs is 1. The van der Waals surface area contributed by atoms with Gasteiger partial charge in [-0.2, -0.15) is 0 Å². The molecule has 0 saturated carbocycles. The Bertz CT molecular complexity index is 1260. The minimum atomic E-state index is -1.36. The van der Waals surface area contributed by atoms with E-state index in [1.807, 2.05) is 17.5 Å². The van der Waals surface area contributed by atoms with Crippen molar-refractivity contribution in [2.75, 3.05) is 13.3 Å². The third-order valence-electron chi connectivity index (χ3n) is 5.86. The Morgan fingerprint density at radius 3 is 2.68 bits per heavy atom. The Balaban J connectivity index is 1.34. The van der Waals surface area contributed by atoms with E-state index in [2.05, 4.69) is 10.6 Å². The van der Waals surface area contributed by atoms with Crippen LogP contribution in [0.4, 0.5) is 9.18 Å². The van der Waals surface area contributed by atoms with Crippen molar-refractivity contribution >= 4 is 29.2 Å². The Kier molecular flexibility index (Phi) is 5.45. The van der Waals surface area contributed by atoms with E-state index >= 15 is 0 Å². The monoisotopic (exact) mass is 481 g/mol. The zero-order chi connectivity index (χ0) is 23.9. The van der Waals surface area contributed by atoms with Crippen molar-refractivity contribution in [1.82, 2.24) is 15.5 Å². The van der Waals surface area contributed by atoms with Crippen LogP contribution >= 0.6 is 11.3 Å². The molecule has 2 N–H and O–H groups in total. The van der Waals surface area contributed by atoms with E-state index in [0.717, 1.165) is 9.78 Å². The fraction of sp³-hybridized carbons (Fsp3) is 0.208. The van der Waals surface area contributed by atoms with Gasteiger partial charge in [0, 0.05) is 4.88 Å². The summed E-state index contributed by atoms with van der Waals surface area (Å²) in [6.45, 7) is 1.20. The van der Waals surface area contributed by atoms with Crippen LogP contribution in [0, 0.1) is 5.82 Å². The van der Waals surface area contributed by atoms with E-state index in [4.69, 9.17) is 9.47 Å². The van der Waals surface area contributed by atoms with Crippen molar-refractivity contribution in [3.8, 4) is 11.5 Å². The van der Waals surface area contributed by atoms with Crippen molar-refractivity contribution in [1.29, 1.82) is 0 Å². The predicted molar refractivity (Wildman–Crippen MR) is 121 cm³/mol. The van der Waals surface area contributed by atoms with E-state index < -0.39 is 36.0 Å². The van der Waals surface area contributed by atoms with Crippen LogP contribution in [0.5, 0.6) is 11.5 Å². The Hall–Kier alpha value is -3.92. The van der Waals surface area contributed by atoms with Crippen LogP contribution in [-0.4, -0.2) is 36.1 Å². The highest BCUT2D eigenvalue weighted by atomic mass is 32.1. The van der Waals surface area contributed by atoms with Crippen LogP contribution in [0.3, 0.4) is 0 Å². The summed E-state index contributed by atoms with van der Waals surface area (Å²) in [5.74, 6) is -0.430. The SMILES string of the molecule is C[C@]1(c2ccc3c(c2)OCO3)NC(=O)N(CC(=O)N[C@H](c2ccc(F)cc2)c2cccs2)C1=O. The summed E-state index contributed by atoms with van der Waals surface area (Å²) in [5, 5.41) is 7.41. The smallest absolute Gasteiger partial charge is 0.325 e. The molecule has 3 heterocycles. The average Bonchev–Trinajstić information content (AvgIpc) is 3.56. The molecule has 8 nitrogen and oxygen atoms in total. The van der Waals surface area contributed by atoms with E-state index in [1.165, 1.54) is 23.5 Å².